The lowest BCUT2D eigenvalue weighted by Crippen LogP contribution is -2.25. The first-order valence-electron chi connectivity index (χ1n) is 9.68. The predicted molar refractivity (Wildman–Crippen MR) is 114 cm³/mol. The van der Waals surface area contributed by atoms with E-state index in [0.29, 0.717) is 34.4 Å². The smallest absolute Gasteiger partial charge is 0.241 e. The van der Waals surface area contributed by atoms with Gasteiger partial charge in [0.1, 0.15) is 12.1 Å². The Morgan fingerprint density at radius 1 is 1.03 bits per heavy atom. The van der Waals surface area contributed by atoms with Gasteiger partial charge < -0.3 is 0 Å². The average molecular weight is 425 g/mol. The fraction of sp³-hybridized carbons (Fsp3) is 0.182. The van der Waals surface area contributed by atoms with E-state index >= 15 is 4.39 Å². The number of fused-ring (bicyclic) bond motifs is 1. The van der Waals surface area contributed by atoms with E-state index in [1.807, 2.05) is 6.92 Å². The van der Waals surface area contributed by atoms with Crippen LogP contribution >= 0.6 is 0 Å². The molecule has 0 atom stereocenters. The molecule has 1 N–H and O–H groups in total. The molecule has 4 aromatic rings. The molecule has 6 nitrogen and oxygen atoms in total. The molecule has 154 valence electrons. The number of nitrogens with zero attached hydrogens (tertiary/aromatic N) is 3. The largest absolute Gasteiger partial charge is 0.289 e. The van der Waals surface area contributed by atoms with E-state index in [-0.39, 0.29) is 4.90 Å². The van der Waals surface area contributed by atoms with Gasteiger partial charge in [0.05, 0.1) is 4.90 Å². The van der Waals surface area contributed by atoms with E-state index in [1.165, 1.54) is 12.1 Å². The molecule has 0 amide bonds. The van der Waals surface area contributed by atoms with Crippen molar-refractivity contribution in [2.75, 3.05) is 6.54 Å². The van der Waals surface area contributed by atoms with Crippen LogP contribution in [0.3, 0.4) is 0 Å². The fourth-order valence-electron chi connectivity index (χ4n) is 3.30. The molecule has 0 fully saturated rings. The summed E-state index contributed by atoms with van der Waals surface area (Å²) >= 11 is 0. The van der Waals surface area contributed by atoms with E-state index in [1.54, 1.807) is 59.4 Å². The zero-order chi connectivity index (χ0) is 21.1. The molecule has 0 spiro atoms. The average Bonchev–Trinajstić information content (AvgIpc) is 3.21. The van der Waals surface area contributed by atoms with Gasteiger partial charge in [0.25, 0.3) is 0 Å². The Bertz CT molecular complexity index is 1300. The number of pyridine rings is 1. The molecular formula is C22H21FN4O2S. The van der Waals surface area contributed by atoms with Crippen molar-refractivity contribution in [3.63, 3.8) is 0 Å². The molecule has 2 aromatic heterocycles. The van der Waals surface area contributed by atoms with Gasteiger partial charge in [-0.05, 0) is 41.8 Å². The Balaban J connectivity index is 1.71. The van der Waals surface area contributed by atoms with Gasteiger partial charge in [-0.2, -0.15) is 0 Å². The monoisotopic (exact) mass is 424 g/mol. The third kappa shape index (κ3) is 3.96. The minimum atomic E-state index is -3.69. The second-order valence-corrected chi connectivity index (χ2v) is 8.69. The molecule has 0 aliphatic heterocycles. The summed E-state index contributed by atoms with van der Waals surface area (Å²) in [6.45, 7) is 2.36. The van der Waals surface area contributed by atoms with Crippen molar-refractivity contribution in [3.8, 4) is 22.3 Å². The maximum atomic E-state index is 15.0. The van der Waals surface area contributed by atoms with E-state index in [2.05, 4.69) is 14.9 Å². The highest BCUT2D eigenvalue weighted by molar-refractivity contribution is 7.89. The Morgan fingerprint density at radius 2 is 1.83 bits per heavy atom. The third-order valence-electron chi connectivity index (χ3n) is 4.89. The molecule has 4 rings (SSSR count). The molecule has 0 radical (unpaired) electrons. The highest BCUT2D eigenvalue weighted by Gasteiger charge is 2.19. The summed E-state index contributed by atoms with van der Waals surface area (Å²) in [4.78, 5) is 0.137. The van der Waals surface area contributed by atoms with Gasteiger partial charge >= 0.3 is 0 Å². The highest BCUT2D eigenvalue weighted by Crippen LogP contribution is 2.31. The molecule has 0 unspecified atom stereocenters. The van der Waals surface area contributed by atoms with Crippen LogP contribution in [0.5, 0.6) is 0 Å². The molecule has 0 saturated carbocycles. The summed E-state index contributed by atoms with van der Waals surface area (Å²) in [7, 11) is -3.69. The summed E-state index contributed by atoms with van der Waals surface area (Å²) in [5, 5.41) is 7.81. The van der Waals surface area contributed by atoms with Crippen molar-refractivity contribution < 1.29 is 12.8 Å². The minimum Gasteiger partial charge on any atom is -0.289 e. The van der Waals surface area contributed by atoms with Gasteiger partial charge in [-0.3, -0.25) is 4.40 Å². The number of hydrogen-bond acceptors (Lipinski definition) is 4. The van der Waals surface area contributed by atoms with Crippen molar-refractivity contribution in [1.29, 1.82) is 0 Å². The summed E-state index contributed by atoms with van der Waals surface area (Å²) in [5.41, 5.74) is 2.65. The highest BCUT2D eigenvalue weighted by atomic mass is 32.2. The summed E-state index contributed by atoms with van der Waals surface area (Å²) in [5.74, 6) is -0.442. The van der Waals surface area contributed by atoms with Crippen molar-refractivity contribution in [2.45, 2.75) is 24.7 Å². The van der Waals surface area contributed by atoms with Crippen LogP contribution in [0.1, 0.15) is 19.8 Å². The Kier molecular flexibility index (Phi) is 5.61. The summed E-state index contributed by atoms with van der Waals surface area (Å²) < 4.78 is 44.9. The number of rotatable bonds is 7. The van der Waals surface area contributed by atoms with Crippen LogP contribution in [0.25, 0.3) is 27.9 Å². The van der Waals surface area contributed by atoms with Crippen LogP contribution in [0, 0.1) is 5.82 Å². The van der Waals surface area contributed by atoms with Crippen LogP contribution in [-0.4, -0.2) is 29.6 Å². The number of hydrogen-bond donors (Lipinski definition) is 1. The van der Waals surface area contributed by atoms with E-state index in [4.69, 9.17) is 0 Å². The molecular weight excluding hydrogens is 403 g/mol. The number of aromatic nitrogens is 3. The summed E-state index contributed by atoms with van der Waals surface area (Å²) in [6, 6.07) is 14.9. The zero-order valence-electron chi connectivity index (χ0n) is 16.4. The van der Waals surface area contributed by atoms with Crippen molar-refractivity contribution in [2.24, 2.45) is 0 Å². The van der Waals surface area contributed by atoms with Crippen LogP contribution in [0.2, 0.25) is 0 Å². The quantitative estimate of drug-likeness (QED) is 0.449. The number of sulfonamides is 1. The maximum absolute atomic E-state index is 15.0. The standard InChI is InChI=1S/C22H21FN4O2S/c1-2-3-11-25-30(28,29)21-7-5-4-6-19(21)16-8-9-18(20(23)13-16)17-10-12-27-15-24-26-22(27)14-17/h4-10,12-15,25H,2-3,11H2,1H3. The Labute approximate surface area is 174 Å². The number of halogens is 1. The van der Waals surface area contributed by atoms with Crippen molar-refractivity contribution >= 4 is 15.7 Å². The fourth-order valence-corrected chi connectivity index (χ4v) is 4.60. The number of unbranched alkanes of at least 4 members (excludes halogenated alkanes) is 1. The van der Waals surface area contributed by atoms with Crippen LogP contribution in [-0.2, 0) is 10.0 Å². The van der Waals surface area contributed by atoms with Crippen LogP contribution < -0.4 is 4.72 Å². The number of nitrogens with one attached hydrogen (secondary N) is 1. The topological polar surface area (TPSA) is 76.4 Å². The first-order chi connectivity index (χ1) is 14.5. The van der Waals surface area contributed by atoms with Crippen LogP contribution in [0.15, 0.2) is 72.0 Å². The second-order valence-electron chi connectivity index (χ2n) is 6.95. The Hall–Kier alpha value is -3.10. The van der Waals surface area contributed by atoms with E-state index in [9.17, 15) is 8.42 Å². The third-order valence-corrected chi connectivity index (χ3v) is 6.41. The molecule has 2 heterocycles. The number of benzene rings is 2. The van der Waals surface area contributed by atoms with Gasteiger partial charge in [-0.15, -0.1) is 10.2 Å². The van der Waals surface area contributed by atoms with Crippen LogP contribution in [0.4, 0.5) is 4.39 Å². The van der Waals surface area contributed by atoms with Gasteiger partial charge in [-0.1, -0.05) is 43.7 Å². The first-order valence-corrected chi connectivity index (χ1v) is 11.2. The van der Waals surface area contributed by atoms with Gasteiger partial charge in [0.15, 0.2) is 5.65 Å². The molecule has 30 heavy (non-hydrogen) atoms. The van der Waals surface area contributed by atoms with Gasteiger partial charge in [0, 0.05) is 23.9 Å². The normalized spacial score (nSPS) is 11.8. The van der Waals surface area contributed by atoms with Gasteiger partial charge in [-0.25, -0.2) is 17.5 Å². The summed E-state index contributed by atoms with van der Waals surface area (Å²) in [6.07, 6.45) is 4.98. The molecule has 0 bridgehead atoms. The molecule has 0 aliphatic carbocycles. The lowest BCUT2D eigenvalue weighted by atomic mass is 10.00. The minimum absolute atomic E-state index is 0.137. The van der Waals surface area contributed by atoms with E-state index < -0.39 is 15.8 Å². The zero-order valence-corrected chi connectivity index (χ0v) is 17.2. The lowest BCUT2D eigenvalue weighted by molar-refractivity contribution is 0.578. The van der Waals surface area contributed by atoms with E-state index in [0.717, 1.165) is 12.8 Å². The molecule has 2 aromatic carbocycles. The first kappa shape index (κ1) is 20.2. The Morgan fingerprint density at radius 3 is 2.63 bits per heavy atom. The SMILES string of the molecule is CCCCNS(=O)(=O)c1ccccc1-c1ccc(-c2ccn3cnnc3c2)c(F)c1. The molecule has 0 aliphatic rings. The lowest BCUT2D eigenvalue weighted by Gasteiger charge is -2.13. The second kappa shape index (κ2) is 8.33. The van der Waals surface area contributed by atoms with Gasteiger partial charge in [0.2, 0.25) is 10.0 Å². The van der Waals surface area contributed by atoms with Crippen molar-refractivity contribution in [3.05, 3.63) is 72.9 Å². The van der Waals surface area contributed by atoms with Crippen molar-refractivity contribution in [1.82, 2.24) is 19.3 Å². The predicted octanol–water partition coefficient (Wildman–Crippen LogP) is 4.28. The molecule has 8 heteroatoms. The maximum Gasteiger partial charge on any atom is 0.241 e. The molecule has 0 saturated heterocycles.